The number of ketones is 1. The molecular weight excluding hydrogens is 283 g/mol. The summed E-state index contributed by atoms with van der Waals surface area (Å²) in [4.78, 5) is 18.5. The molecule has 0 bridgehead atoms. The number of phenolic OH excluding ortho intramolecular Hbond substituents is 1. The first-order valence-electron chi connectivity index (χ1n) is 6.75. The average Bonchev–Trinajstić information content (AvgIpc) is 3.10. The molecule has 5 heteroatoms. The maximum Gasteiger partial charge on any atom is 0.225 e. The van der Waals surface area contributed by atoms with Crippen molar-refractivity contribution in [3.05, 3.63) is 65.7 Å². The van der Waals surface area contributed by atoms with Crippen LogP contribution in [0.2, 0.25) is 0 Å². The van der Waals surface area contributed by atoms with Crippen LogP contribution in [0.15, 0.2) is 48.5 Å². The number of halogens is 1. The second-order valence-corrected chi connectivity index (χ2v) is 5.17. The Balaban J connectivity index is 1.82. The summed E-state index contributed by atoms with van der Waals surface area (Å²) in [5, 5.41) is 10.6. The van der Waals surface area contributed by atoms with Crippen LogP contribution < -0.4 is 0 Å². The van der Waals surface area contributed by atoms with E-state index in [1.54, 1.807) is 36.4 Å². The zero-order chi connectivity index (χ0) is 15.3. The van der Waals surface area contributed by atoms with Crippen molar-refractivity contribution >= 4 is 27.6 Å². The second-order valence-electron chi connectivity index (χ2n) is 5.17. The van der Waals surface area contributed by atoms with E-state index in [4.69, 9.17) is 0 Å². The largest absolute Gasteiger partial charge is 0.508 e. The van der Waals surface area contributed by atoms with E-state index in [1.165, 1.54) is 12.1 Å². The number of hydrogen-bond acceptors (Lipinski definition) is 2. The molecule has 4 aromatic rings. The summed E-state index contributed by atoms with van der Waals surface area (Å²) < 4.78 is 13.7. The van der Waals surface area contributed by atoms with E-state index in [9.17, 15) is 14.3 Å². The van der Waals surface area contributed by atoms with E-state index in [2.05, 4.69) is 9.97 Å². The molecule has 2 heterocycles. The van der Waals surface area contributed by atoms with Gasteiger partial charge < -0.3 is 15.1 Å². The molecule has 0 saturated carbocycles. The molecule has 22 heavy (non-hydrogen) atoms. The van der Waals surface area contributed by atoms with Crippen molar-refractivity contribution in [3.8, 4) is 5.75 Å². The molecule has 2 aromatic carbocycles. The molecule has 0 amide bonds. The minimum Gasteiger partial charge on any atom is -0.508 e. The van der Waals surface area contributed by atoms with E-state index in [0.717, 1.165) is 10.9 Å². The Bertz CT molecular complexity index is 1030. The number of aromatic hydroxyl groups is 1. The summed E-state index contributed by atoms with van der Waals surface area (Å²) in [5.74, 6) is -0.487. The number of rotatable bonds is 2. The molecule has 3 N–H and O–H groups in total. The Morgan fingerprint density at radius 3 is 2.55 bits per heavy atom. The highest BCUT2D eigenvalue weighted by Gasteiger charge is 2.16. The van der Waals surface area contributed by atoms with E-state index >= 15 is 0 Å². The zero-order valence-corrected chi connectivity index (χ0v) is 11.4. The Hall–Kier alpha value is -3.08. The lowest BCUT2D eigenvalue weighted by Crippen LogP contribution is -2.01. The summed E-state index contributed by atoms with van der Waals surface area (Å²) in [6.45, 7) is 0. The number of nitrogens with one attached hydrogen (secondary N) is 2. The number of hydrogen-bond donors (Lipinski definition) is 3. The average molecular weight is 294 g/mol. The third-order valence-corrected chi connectivity index (χ3v) is 3.70. The van der Waals surface area contributed by atoms with Crippen molar-refractivity contribution in [2.45, 2.75) is 0 Å². The van der Waals surface area contributed by atoms with Gasteiger partial charge in [-0.15, -0.1) is 0 Å². The fraction of sp³-hybridized carbons (Fsp3) is 0. The number of carbonyl (C=O) groups is 1. The minimum absolute atomic E-state index is 0.137. The molecule has 0 saturated heterocycles. The lowest BCUT2D eigenvalue weighted by atomic mass is 10.2. The number of H-pyrrole nitrogens is 2. The quantitative estimate of drug-likeness (QED) is 0.493. The monoisotopic (exact) mass is 294 g/mol. The van der Waals surface area contributed by atoms with Gasteiger partial charge in [-0.1, -0.05) is 6.07 Å². The van der Waals surface area contributed by atoms with Gasteiger partial charge in [-0.25, -0.2) is 4.39 Å². The fourth-order valence-electron chi connectivity index (χ4n) is 2.63. The van der Waals surface area contributed by atoms with E-state index < -0.39 is 0 Å². The Morgan fingerprint density at radius 1 is 0.955 bits per heavy atom. The predicted octanol–water partition coefficient (Wildman–Crippen LogP) is 3.72. The van der Waals surface area contributed by atoms with Gasteiger partial charge in [0.15, 0.2) is 0 Å². The van der Waals surface area contributed by atoms with Crippen molar-refractivity contribution in [1.82, 2.24) is 9.97 Å². The minimum atomic E-state index is -0.366. The van der Waals surface area contributed by atoms with Gasteiger partial charge in [-0.2, -0.15) is 0 Å². The number of aromatic amines is 2. The van der Waals surface area contributed by atoms with Gasteiger partial charge in [0.1, 0.15) is 11.6 Å². The van der Waals surface area contributed by atoms with Crippen molar-refractivity contribution in [2.24, 2.45) is 0 Å². The standard InChI is InChI=1S/C17H11FN2O2/c18-12-2-1-3-14-11(12)8-16(20-14)17(22)15-7-9-6-10(21)4-5-13(9)19-15/h1-8,19-21H. The Morgan fingerprint density at radius 2 is 1.73 bits per heavy atom. The molecule has 4 rings (SSSR count). The first kappa shape index (κ1) is 12.6. The van der Waals surface area contributed by atoms with Crippen molar-refractivity contribution < 1.29 is 14.3 Å². The van der Waals surface area contributed by atoms with Gasteiger partial charge in [-0.05, 0) is 42.5 Å². The summed E-state index contributed by atoms with van der Waals surface area (Å²) in [6.07, 6.45) is 0. The van der Waals surface area contributed by atoms with Gasteiger partial charge in [0.05, 0.1) is 11.4 Å². The van der Waals surface area contributed by atoms with E-state index in [-0.39, 0.29) is 17.3 Å². The first-order valence-corrected chi connectivity index (χ1v) is 6.75. The molecule has 0 unspecified atom stereocenters. The summed E-state index contributed by atoms with van der Waals surface area (Å²) in [6, 6.07) is 12.7. The molecule has 0 atom stereocenters. The Labute approximate surface area is 124 Å². The van der Waals surface area contributed by atoms with Gasteiger partial charge >= 0.3 is 0 Å². The molecule has 0 aliphatic carbocycles. The van der Waals surface area contributed by atoms with Crippen LogP contribution in [0.5, 0.6) is 5.75 Å². The highest BCUT2D eigenvalue weighted by atomic mass is 19.1. The van der Waals surface area contributed by atoms with Crippen LogP contribution in [0.25, 0.3) is 21.8 Å². The van der Waals surface area contributed by atoms with Crippen LogP contribution >= 0.6 is 0 Å². The van der Waals surface area contributed by atoms with Crippen LogP contribution in [-0.2, 0) is 0 Å². The van der Waals surface area contributed by atoms with Gasteiger partial charge in [0.2, 0.25) is 5.78 Å². The maximum absolute atomic E-state index is 13.7. The van der Waals surface area contributed by atoms with E-state index in [0.29, 0.717) is 22.3 Å². The summed E-state index contributed by atoms with van der Waals surface area (Å²) in [5.41, 5.74) is 2.03. The van der Waals surface area contributed by atoms with Crippen LogP contribution in [0.1, 0.15) is 16.2 Å². The van der Waals surface area contributed by atoms with Crippen LogP contribution in [-0.4, -0.2) is 20.9 Å². The molecule has 2 aromatic heterocycles. The maximum atomic E-state index is 13.7. The molecule has 0 aliphatic rings. The zero-order valence-electron chi connectivity index (χ0n) is 11.4. The number of phenols is 1. The lowest BCUT2D eigenvalue weighted by Gasteiger charge is -1.93. The SMILES string of the molecule is O=C(c1cc2cc(O)ccc2[nH]1)c1cc2c(F)cccc2[nH]1. The van der Waals surface area contributed by atoms with Crippen LogP contribution in [0.4, 0.5) is 4.39 Å². The van der Waals surface area contributed by atoms with Crippen molar-refractivity contribution in [3.63, 3.8) is 0 Å². The summed E-state index contributed by atoms with van der Waals surface area (Å²) in [7, 11) is 0. The highest BCUT2D eigenvalue weighted by Crippen LogP contribution is 2.24. The van der Waals surface area contributed by atoms with Crippen molar-refractivity contribution in [1.29, 1.82) is 0 Å². The molecule has 0 radical (unpaired) electrons. The molecule has 0 aliphatic heterocycles. The number of fused-ring (bicyclic) bond motifs is 2. The molecule has 0 spiro atoms. The second kappa shape index (κ2) is 4.46. The van der Waals surface area contributed by atoms with Gasteiger partial charge in [0, 0.05) is 21.8 Å². The van der Waals surface area contributed by atoms with Crippen LogP contribution in [0.3, 0.4) is 0 Å². The predicted molar refractivity (Wildman–Crippen MR) is 81.7 cm³/mol. The molecule has 108 valence electrons. The Kier molecular flexibility index (Phi) is 2.56. The fourth-order valence-corrected chi connectivity index (χ4v) is 2.63. The normalized spacial score (nSPS) is 11.3. The van der Waals surface area contributed by atoms with Crippen LogP contribution in [0, 0.1) is 5.82 Å². The topological polar surface area (TPSA) is 68.9 Å². The summed E-state index contributed by atoms with van der Waals surface area (Å²) >= 11 is 0. The third-order valence-electron chi connectivity index (χ3n) is 3.70. The third kappa shape index (κ3) is 1.87. The van der Waals surface area contributed by atoms with Crippen molar-refractivity contribution in [2.75, 3.05) is 0 Å². The van der Waals surface area contributed by atoms with Gasteiger partial charge in [-0.3, -0.25) is 4.79 Å². The van der Waals surface area contributed by atoms with Gasteiger partial charge in [0.25, 0.3) is 0 Å². The highest BCUT2D eigenvalue weighted by molar-refractivity contribution is 6.11. The van der Waals surface area contributed by atoms with E-state index in [1.807, 2.05) is 0 Å². The first-order chi connectivity index (χ1) is 10.6. The molecule has 4 nitrogen and oxygen atoms in total. The molecular formula is C17H11FN2O2. The lowest BCUT2D eigenvalue weighted by molar-refractivity contribution is 0.103. The number of carbonyl (C=O) groups excluding carboxylic acids is 1. The number of benzene rings is 2. The number of aromatic nitrogens is 2. The smallest absolute Gasteiger partial charge is 0.225 e. The molecule has 0 fully saturated rings.